The Balaban J connectivity index is 1.64. The maximum Gasteiger partial charge on any atom is 0.0170 e. The third kappa shape index (κ3) is 6.29. The number of nitrogens with one attached hydrogen (secondary N) is 1. The average Bonchev–Trinajstić information content (AvgIpc) is 2.57. The third-order valence-electron chi connectivity index (χ3n) is 4.40. The molecule has 0 amide bonds. The van der Waals surface area contributed by atoms with Gasteiger partial charge in [-0.25, -0.2) is 0 Å². The standard InChI is InChI=1S/C18H31N3S/c1-3-10-20-12-14-21(15-13-20)11-9-17(19-2)16-22-18-7-5-4-6-8-18/h4-8,17,19H,3,9-16H2,1-2H3. The molecule has 2 rings (SSSR count). The molecule has 1 aliphatic heterocycles. The van der Waals surface area contributed by atoms with Crippen molar-refractivity contribution in [1.82, 2.24) is 15.1 Å². The van der Waals surface area contributed by atoms with Crippen LogP contribution in [0.3, 0.4) is 0 Å². The molecule has 1 atom stereocenters. The first-order chi connectivity index (χ1) is 10.8. The third-order valence-corrected chi connectivity index (χ3v) is 5.58. The quantitative estimate of drug-likeness (QED) is 0.705. The van der Waals surface area contributed by atoms with E-state index in [-0.39, 0.29) is 0 Å². The minimum absolute atomic E-state index is 0.596. The van der Waals surface area contributed by atoms with Gasteiger partial charge in [0.05, 0.1) is 0 Å². The van der Waals surface area contributed by atoms with Crippen molar-refractivity contribution in [3.05, 3.63) is 30.3 Å². The zero-order chi connectivity index (χ0) is 15.6. The zero-order valence-corrected chi connectivity index (χ0v) is 14.9. The maximum absolute atomic E-state index is 3.48. The van der Waals surface area contributed by atoms with Gasteiger partial charge in [-0.2, -0.15) is 0 Å². The molecule has 0 saturated carbocycles. The lowest BCUT2D eigenvalue weighted by Crippen LogP contribution is -2.47. The topological polar surface area (TPSA) is 18.5 Å². The van der Waals surface area contributed by atoms with Gasteiger partial charge in [0, 0.05) is 42.9 Å². The second-order valence-electron chi connectivity index (χ2n) is 6.08. The molecule has 3 nitrogen and oxygen atoms in total. The van der Waals surface area contributed by atoms with E-state index in [9.17, 15) is 0 Å². The van der Waals surface area contributed by atoms with E-state index in [4.69, 9.17) is 0 Å². The van der Waals surface area contributed by atoms with Gasteiger partial charge in [-0.1, -0.05) is 25.1 Å². The molecule has 1 aromatic carbocycles. The number of nitrogens with zero attached hydrogens (tertiary/aromatic N) is 2. The first-order valence-electron chi connectivity index (χ1n) is 8.61. The van der Waals surface area contributed by atoms with E-state index < -0.39 is 0 Å². The Morgan fingerprint density at radius 3 is 2.27 bits per heavy atom. The summed E-state index contributed by atoms with van der Waals surface area (Å²) >= 11 is 1.96. The van der Waals surface area contributed by atoms with Gasteiger partial charge >= 0.3 is 0 Å². The van der Waals surface area contributed by atoms with E-state index in [1.54, 1.807) is 0 Å². The largest absolute Gasteiger partial charge is 0.316 e. The minimum Gasteiger partial charge on any atom is -0.316 e. The second kappa shape index (κ2) is 10.3. The predicted octanol–water partition coefficient (Wildman–Crippen LogP) is 2.78. The summed E-state index contributed by atoms with van der Waals surface area (Å²) in [6.07, 6.45) is 2.52. The van der Waals surface area contributed by atoms with Crippen molar-refractivity contribution >= 4 is 11.8 Å². The molecule has 1 unspecified atom stereocenters. The molecule has 1 heterocycles. The smallest absolute Gasteiger partial charge is 0.0170 e. The molecule has 0 spiro atoms. The van der Waals surface area contributed by atoms with Gasteiger partial charge in [-0.15, -0.1) is 11.8 Å². The van der Waals surface area contributed by atoms with E-state index in [0.29, 0.717) is 6.04 Å². The number of rotatable bonds is 9. The van der Waals surface area contributed by atoms with Crippen LogP contribution in [0.15, 0.2) is 35.2 Å². The van der Waals surface area contributed by atoms with Crippen molar-refractivity contribution in [2.45, 2.75) is 30.7 Å². The molecule has 0 radical (unpaired) electrons. The van der Waals surface area contributed by atoms with Gasteiger partial charge < -0.3 is 15.1 Å². The Morgan fingerprint density at radius 2 is 1.68 bits per heavy atom. The molecule has 22 heavy (non-hydrogen) atoms. The summed E-state index contributed by atoms with van der Waals surface area (Å²) in [6, 6.07) is 11.3. The van der Waals surface area contributed by atoms with Gasteiger partial charge in [0.1, 0.15) is 0 Å². The maximum atomic E-state index is 3.48. The van der Waals surface area contributed by atoms with Crippen LogP contribution in [-0.2, 0) is 0 Å². The molecule has 0 aliphatic carbocycles. The van der Waals surface area contributed by atoms with Crippen molar-refractivity contribution in [3.8, 4) is 0 Å². The van der Waals surface area contributed by atoms with E-state index in [1.165, 1.54) is 57.0 Å². The number of benzene rings is 1. The normalized spacial score (nSPS) is 18.5. The number of piperazine rings is 1. The summed E-state index contributed by atoms with van der Waals surface area (Å²) in [4.78, 5) is 6.59. The number of hydrogen-bond donors (Lipinski definition) is 1. The van der Waals surface area contributed by atoms with Crippen LogP contribution in [0.4, 0.5) is 0 Å². The summed E-state index contributed by atoms with van der Waals surface area (Å²) in [5, 5.41) is 3.48. The molecule has 1 aliphatic rings. The van der Waals surface area contributed by atoms with Crippen LogP contribution in [-0.4, -0.2) is 67.9 Å². The molecular weight excluding hydrogens is 290 g/mol. The highest BCUT2D eigenvalue weighted by atomic mass is 32.2. The van der Waals surface area contributed by atoms with Gasteiger partial charge in [0.15, 0.2) is 0 Å². The Bertz CT molecular complexity index is 391. The van der Waals surface area contributed by atoms with E-state index in [0.717, 1.165) is 5.75 Å². The van der Waals surface area contributed by atoms with Crippen molar-refractivity contribution in [3.63, 3.8) is 0 Å². The highest BCUT2D eigenvalue weighted by Gasteiger charge is 2.17. The molecule has 1 aromatic rings. The monoisotopic (exact) mass is 321 g/mol. The molecular formula is C18H31N3S. The van der Waals surface area contributed by atoms with Crippen molar-refractivity contribution in [2.75, 3.05) is 52.1 Å². The Kier molecular flexibility index (Phi) is 8.31. The predicted molar refractivity (Wildman–Crippen MR) is 97.8 cm³/mol. The highest BCUT2D eigenvalue weighted by Crippen LogP contribution is 2.19. The van der Waals surface area contributed by atoms with Gasteiger partial charge in [-0.3, -0.25) is 0 Å². The lowest BCUT2D eigenvalue weighted by atomic mass is 10.2. The zero-order valence-electron chi connectivity index (χ0n) is 14.1. The Morgan fingerprint density at radius 1 is 1.05 bits per heavy atom. The van der Waals surface area contributed by atoms with Crippen LogP contribution in [0.25, 0.3) is 0 Å². The number of thioether (sulfide) groups is 1. The van der Waals surface area contributed by atoms with E-state index >= 15 is 0 Å². The van der Waals surface area contributed by atoms with Crippen molar-refractivity contribution < 1.29 is 0 Å². The Hall–Kier alpha value is -0.550. The molecule has 124 valence electrons. The summed E-state index contributed by atoms with van der Waals surface area (Å²) in [5.74, 6) is 1.15. The minimum atomic E-state index is 0.596. The van der Waals surface area contributed by atoms with Crippen LogP contribution in [0.5, 0.6) is 0 Å². The summed E-state index contributed by atoms with van der Waals surface area (Å²) in [5.41, 5.74) is 0. The Labute approximate surface area is 140 Å². The molecule has 4 heteroatoms. The molecule has 0 bridgehead atoms. The summed E-state index contributed by atoms with van der Waals surface area (Å²) < 4.78 is 0. The molecule has 1 saturated heterocycles. The van der Waals surface area contributed by atoms with Crippen LogP contribution in [0, 0.1) is 0 Å². The molecule has 1 fully saturated rings. The van der Waals surface area contributed by atoms with Crippen LogP contribution in [0.1, 0.15) is 19.8 Å². The first kappa shape index (κ1) is 17.8. The molecule has 1 N–H and O–H groups in total. The molecule has 0 aromatic heterocycles. The van der Waals surface area contributed by atoms with Crippen LogP contribution >= 0.6 is 11.8 Å². The fourth-order valence-electron chi connectivity index (χ4n) is 2.92. The lowest BCUT2D eigenvalue weighted by Gasteiger charge is -2.35. The summed E-state index contributed by atoms with van der Waals surface area (Å²) in [6.45, 7) is 9.73. The van der Waals surface area contributed by atoms with Crippen molar-refractivity contribution in [1.29, 1.82) is 0 Å². The van der Waals surface area contributed by atoms with Gasteiger partial charge in [0.2, 0.25) is 0 Å². The van der Waals surface area contributed by atoms with Crippen LogP contribution < -0.4 is 5.32 Å². The van der Waals surface area contributed by atoms with E-state index in [1.807, 2.05) is 11.8 Å². The second-order valence-corrected chi connectivity index (χ2v) is 7.18. The number of hydrogen-bond acceptors (Lipinski definition) is 4. The van der Waals surface area contributed by atoms with E-state index in [2.05, 4.69) is 59.4 Å². The fourth-order valence-corrected chi connectivity index (χ4v) is 3.99. The van der Waals surface area contributed by atoms with Crippen LogP contribution in [0.2, 0.25) is 0 Å². The fraction of sp³-hybridized carbons (Fsp3) is 0.667. The summed E-state index contributed by atoms with van der Waals surface area (Å²) in [7, 11) is 2.09. The van der Waals surface area contributed by atoms with Crippen molar-refractivity contribution in [2.24, 2.45) is 0 Å². The highest BCUT2D eigenvalue weighted by molar-refractivity contribution is 7.99. The lowest BCUT2D eigenvalue weighted by molar-refractivity contribution is 0.129. The average molecular weight is 322 g/mol. The van der Waals surface area contributed by atoms with Gasteiger partial charge in [0.25, 0.3) is 0 Å². The SMILES string of the molecule is CCCN1CCN(CCC(CSc2ccccc2)NC)CC1. The first-order valence-corrected chi connectivity index (χ1v) is 9.60. The van der Waals surface area contributed by atoms with Gasteiger partial charge in [-0.05, 0) is 45.1 Å².